The molecule has 3 amide bonds. The standard InChI is InChI=1S/C31H42N4O6S/c1-6-14-39-15-16-40-17-18-41-20-26(36)34-28(31(3,4)5)30(38)35-13-7-8-25(35)29(37)32-19-23-9-11-24(12-10-23)27-22(2)33-21-42-27/h1,9-12,21,25,28H,7-8,13-20H2,2-5H3,(H,32,37)(H,34,36)/t25-,28+/m0/s1. The van der Waals surface area contributed by atoms with Gasteiger partial charge < -0.3 is 29.7 Å². The Labute approximate surface area is 252 Å². The van der Waals surface area contributed by atoms with Crippen LogP contribution in [0, 0.1) is 24.7 Å². The molecule has 11 heteroatoms. The van der Waals surface area contributed by atoms with Crippen LogP contribution in [0.15, 0.2) is 29.8 Å². The molecule has 3 rings (SSSR count). The second-order valence-electron chi connectivity index (χ2n) is 11.2. The third-order valence-electron chi connectivity index (χ3n) is 6.85. The average Bonchev–Trinajstić information content (AvgIpc) is 3.62. The number of carbonyl (C=O) groups excluding carboxylic acids is 3. The number of rotatable bonds is 15. The zero-order valence-electron chi connectivity index (χ0n) is 24.9. The van der Waals surface area contributed by atoms with Crippen molar-refractivity contribution >= 4 is 29.1 Å². The summed E-state index contributed by atoms with van der Waals surface area (Å²) in [5.74, 6) is 1.50. The van der Waals surface area contributed by atoms with Crippen molar-refractivity contribution in [2.45, 2.75) is 59.2 Å². The lowest BCUT2D eigenvalue weighted by atomic mass is 9.85. The van der Waals surface area contributed by atoms with Crippen molar-refractivity contribution in [3.63, 3.8) is 0 Å². The van der Waals surface area contributed by atoms with Crippen molar-refractivity contribution < 1.29 is 28.6 Å². The van der Waals surface area contributed by atoms with E-state index in [0.717, 1.165) is 21.7 Å². The van der Waals surface area contributed by atoms with Gasteiger partial charge in [-0.2, -0.15) is 0 Å². The van der Waals surface area contributed by atoms with E-state index in [2.05, 4.69) is 21.5 Å². The van der Waals surface area contributed by atoms with Crippen LogP contribution in [0.25, 0.3) is 10.4 Å². The van der Waals surface area contributed by atoms with Crippen LogP contribution < -0.4 is 10.6 Å². The number of carbonyl (C=O) groups is 3. The highest BCUT2D eigenvalue weighted by atomic mass is 32.1. The summed E-state index contributed by atoms with van der Waals surface area (Å²) in [6, 6.07) is 6.63. The Hall–Kier alpha value is -3.30. The Morgan fingerprint density at radius 3 is 2.45 bits per heavy atom. The summed E-state index contributed by atoms with van der Waals surface area (Å²) in [5.41, 5.74) is 4.31. The van der Waals surface area contributed by atoms with Gasteiger partial charge in [0.2, 0.25) is 17.7 Å². The summed E-state index contributed by atoms with van der Waals surface area (Å²) in [5, 5.41) is 5.82. The second-order valence-corrected chi connectivity index (χ2v) is 12.0. The number of aryl methyl sites for hydroxylation is 1. The topological polar surface area (TPSA) is 119 Å². The van der Waals surface area contributed by atoms with E-state index in [9.17, 15) is 14.4 Å². The highest BCUT2D eigenvalue weighted by Gasteiger charge is 2.41. The molecule has 0 unspecified atom stereocenters. The van der Waals surface area contributed by atoms with E-state index >= 15 is 0 Å². The monoisotopic (exact) mass is 598 g/mol. The molecular weight excluding hydrogens is 556 g/mol. The number of terminal acetylenes is 1. The summed E-state index contributed by atoms with van der Waals surface area (Å²) >= 11 is 1.60. The van der Waals surface area contributed by atoms with Crippen molar-refractivity contribution in [1.82, 2.24) is 20.5 Å². The quantitative estimate of drug-likeness (QED) is 0.239. The van der Waals surface area contributed by atoms with Crippen LogP contribution in [-0.4, -0.2) is 85.9 Å². The number of nitrogens with one attached hydrogen (secondary N) is 2. The fourth-order valence-corrected chi connectivity index (χ4v) is 5.43. The normalized spacial score (nSPS) is 15.7. The largest absolute Gasteiger partial charge is 0.377 e. The molecule has 0 aliphatic carbocycles. The van der Waals surface area contributed by atoms with E-state index in [1.807, 2.05) is 57.5 Å². The summed E-state index contributed by atoms with van der Waals surface area (Å²) in [6.07, 6.45) is 6.40. The van der Waals surface area contributed by atoms with E-state index in [-0.39, 0.29) is 31.6 Å². The highest BCUT2D eigenvalue weighted by Crippen LogP contribution is 2.28. The van der Waals surface area contributed by atoms with E-state index < -0.39 is 23.4 Å². The van der Waals surface area contributed by atoms with Crippen molar-refractivity contribution in [3.05, 3.63) is 41.0 Å². The van der Waals surface area contributed by atoms with Gasteiger partial charge in [-0.1, -0.05) is 51.0 Å². The van der Waals surface area contributed by atoms with E-state index in [1.165, 1.54) is 0 Å². The first-order chi connectivity index (χ1) is 20.1. The van der Waals surface area contributed by atoms with Crippen LogP contribution in [-0.2, 0) is 35.1 Å². The smallest absolute Gasteiger partial charge is 0.246 e. The third kappa shape index (κ3) is 9.91. The molecule has 42 heavy (non-hydrogen) atoms. The minimum Gasteiger partial charge on any atom is -0.377 e. The molecule has 228 valence electrons. The highest BCUT2D eigenvalue weighted by molar-refractivity contribution is 7.13. The number of aromatic nitrogens is 1. The van der Waals surface area contributed by atoms with Crippen LogP contribution in [0.1, 0.15) is 44.9 Å². The SMILES string of the molecule is C#CCOCCOCCOCC(=O)N[C@H](C(=O)N1CCC[C@H]1C(=O)NCc1ccc(-c2scnc2C)cc1)C(C)(C)C. The number of thiazole rings is 1. The zero-order chi connectivity index (χ0) is 30.5. The molecule has 0 saturated carbocycles. The number of hydrogen-bond acceptors (Lipinski definition) is 8. The van der Waals surface area contributed by atoms with Crippen molar-refractivity contribution in [3.8, 4) is 22.8 Å². The molecule has 2 heterocycles. The molecule has 1 fully saturated rings. The van der Waals surface area contributed by atoms with E-state index in [0.29, 0.717) is 45.8 Å². The first-order valence-corrected chi connectivity index (χ1v) is 15.0. The lowest BCUT2D eigenvalue weighted by Gasteiger charge is -2.35. The van der Waals surface area contributed by atoms with Gasteiger partial charge in [-0.3, -0.25) is 14.4 Å². The second kappa shape index (κ2) is 16.4. The molecule has 1 saturated heterocycles. The molecule has 1 aromatic heterocycles. The van der Waals surface area contributed by atoms with Crippen LogP contribution >= 0.6 is 11.3 Å². The Balaban J connectivity index is 1.48. The van der Waals surface area contributed by atoms with Gasteiger partial charge in [0.15, 0.2) is 0 Å². The summed E-state index contributed by atoms with van der Waals surface area (Å²) < 4.78 is 15.9. The number of hydrogen-bond donors (Lipinski definition) is 2. The van der Waals surface area contributed by atoms with Crippen molar-refractivity contribution in [1.29, 1.82) is 0 Å². The van der Waals surface area contributed by atoms with Crippen LogP contribution in [0.2, 0.25) is 0 Å². The number of amides is 3. The van der Waals surface area contributed by atoms with Gasteiger partial charge in [-0.25, -0.2) is 4.98 Å². The van der Waals surface area contributed by atoms with Crippen molar-refractivity contribution in [2.24, 2.45) is 5.41 Å². The minimum atomic E-state index is -0.811. The number of nitrogens with zero attached hydrogens (tertiary/aromatic N) is 2. The van der Waals surface area contributed by atoms with Gasteiger partial charge in [-0.05, 0) is 36.3 Å². The van der Waals surface area contributed by atoms with Gasteiger partial charge in [0.1, 0.15) is 25.3 Å². The maximum absolute atomic E-state index is 13.7. The Bertz CT molecular complexity index is 1220. The van der Waals surface area contributed by atoms with Crippen molar-refractivity contribution in [2.75, 3.05) is 46.2 Å². The molecule has 0 spiro atoms. The van der Waals surface area contributed by atoms with E-state index in [4.69, 9.17) is 20.6 Å². The maximum Gasteiger partial charge on any atom is 0.246 e. The summed E-state index contributed by atoms with van der Waals surface area (Å²) in [7, 11) is 0. The number of benzene rings is 1. The van der Waals surface area contributed by atoms with Crippen LogP contribution in [0.4, 0.5) is 0 Å². The fourth-order valence-electron chi connectivity index (χ4n) is 4.61. The predicted molar refractivity (Wildman–Crippen MR) is 162 cm³/mol. The first-order valence-electron chi connectivity index (χ1n) is 14.2. The van der Waals surface area contributed by atoms with E-state index in [1.54, 1.807) is 16.2 Å². The Morgan fingerprint density at radius 2 is 1.81 bits per heavy atom. The third-order valence-corrected chi connectivity index (χ3v) is 7.83. The lowest BCUT2D eigenvalue weighted by Crippen LogP contribution is -2.58. The number of likely N-dealkylation sites (tertiary alicyclic amines) is 1. The van der Waals surface area contributed by atoms with Gasteiger partial charge in [0.05, 0.1) is 42.5 Å². The van der Waals surface area contributed by atoms with Gasteiger partial charge >= 0.3 is 0 Å². The number of ether oxygens (including phenoxy) is 3. The Morgan fingerprint density at radius 1 is 1.12 bits per heavy atom. The zero-order valence-corrected chi connectivity index (χ0v) is 25.8. The molecule has 1 aliphatic rings. The predicted octanol–water partition coefficient (Wildman–Crippen LogP) is 2.94. The van der Waals surface area contributed by atoms with Crippen LogP contribution in [0.3, 0.4) is 0 Å². The fraction of sp³-hybridized carbons (Fsp3) is 0.548. The minimum absolute atomic E-state index is 0.199. The van der Waals surface area contributed by atoms with Gasteiger partial charge in [-0.15, -0.1) is 17.8 Å². The average molecular weight is 599 g/mol. The van der Waals surface area contributed by atoms with Gasteiger partial charge in [0.25, 0.3) is 0 Å². The maximum atomic E-state index is 13.7. The molecule has 2 aromatic rings. The van der Waals surface area contributed by atoms with Gasteiger partial charge in [0, 0.05) is 13.1 Å². The summed E-state index contributed by atoms with van der Waals surface area (Å²) in [4.78, 5) is 46.5. The molecular formula is C31H42N4O6S. The molecule has 2 atom stereocenters. The molecule has 2 N–H and O–H groups in total. The summed E-state index contributed by atoms with van der Waals surface area (Å²) in [6.45, 7) is 9.77. The molecule has 1 aromatic carbocycles. The molecule has 10 nitrogen and oxygen atoms in total. The molecule has 1 aliphatic heterocycles. The molecule has 0 bridgehead atoms. The molecule has 0 radical (unpaired) electrons. The Kier molecular flexibility index (Phi) is 12.9. The van der Waals surface area contributed by atoms with Crippen LogP contribution in [0.5, 0.6) is 0 Å². The first kappa shape index (κ1) is 33.2. The lowest BCUT2D eigenvalue weighted by molar-refractivity contribution is -0.144.